The highest BCUT2D eigenvalue weighted by molar-refractivity contribution is 8.18. The first-order valence-electron chi connectivity index (χ1n) is 11.1. The molecule has 37 heavy (non-hydrogen) atoms. The average Bonchev–Trinajstić information content (AvgIpc) is 3.38. The van der Waals surface area contributed by atoms with Gasteiger partial charge in [0.25, 0.3) is 26.9 Å². The molecule has 11 heteroatoms. The second kappa shape index (κ2) is 9.34. The Bertz CT molecular complexity index is 1720. The standard InChI is InChI=1S/C26H19N3O6S2/c1-17-10-12-20(13-11-17)37(34,35)28-16-19(21-7-3-5-9-23(21)28)14-24-25(30)27(26(31)36-24)15-18-6-2-4-8-22(18)29(32)33/h2-14,16H,15H2,1H3/b24-14-. The average molecular weight is 534 g/mol. The molecule has 0 bridgehead atoms. The molecular formula is C26H19N3O6S2. The molecule has 0 spiro atoms. The molecule has 3 aromatic carbocycles. The lowest BCUT2D eigenvalue weighted by Crippen LogP contribution is -2.27. The van der Waals surface area contributed by atoms with Gasteiger partial charge in [-0.25, -0.2) is 12.4 Å². The van der Waals surface area contributed by atoms with Crippen LogP contribution in [0.15, 0.2) is 88.8 Å². The number of carbonyl (C=O) groups is 2. The van der Waals surface area contributed by atoms with Gasteiger partial charge in [-0.05, 0) is 43.0 Å². The van der Waals surface area contributed by atoms with Gasteiger partial charge in [0.15, 0.2) is 0 Å². The Morgan fingerprint density at radius 3 is 2.38 bits per heavy atom. The topological polar surface area (TPSA) is 120 Å². The highest BCUT2D eigenvalue weighted by Crippen LogP contribution is 2.36. The van der Waals surface area contributed by atoms with E-state index in [2.05, 4.69) is 0 Å². The number of carbonyl (C=O) groups excluding carboxylic acids is 2. The normalized spacial score (nSPS) is 15.2. The summed E-state index contributed by atoms with van der Waals surface area (Å²) >= 11 is 0.703. The van der Waals surface area contributed by atoms with E-state index in [1.807, 2.05) is 6.92 Å². The molecule has 1 saturated heterocycles. The number of nitrogens with zero attached hydrogens (tertiary/aromatic N) is 3. The van der Waals surface area contributed by atoms with E-state index in [0.29, 0.717) is 28.2 Å². The van der Waals surface area contributed by atoms with Crippen LogP contribution in [0.1, 0.15) is 16.7 Å². The molecule has 1 aliphatic rings. The summed E-state index contributed by atoms with van der Waals surface area (Å²) in [5, 5.41) is 11.4. The van der Waals surface area contributed by atoms with Gasteiger partial charge >= 0.3 is 0 Å². The summed E-state index contributed by atoms with van der Waals surface area (Å²) < 4.78 is 28.0. The molecule has 1 fully saturated rings. The van der Waals surface area contributed by atoms with Crippen LogP contribution in [0, 0.1) is 17.0 Å². The monoisotopic (exact) mass is 533 g/mol. The zero-order valence-corrected chi connectivity index (χ0v) is 21.0. The molecule has 0 atom stereocenters. The van der Waals surface area contributed by atoms with E-state index < -0.39 is 26.1 Å². The van der Waals surface area contributed by atoms with E-state index in [4.69, 9.17) is 0 Å². The number of nitro benzene ring substituents is 1. The quantitative estimate of drug-likeness (QED) is 0.187. The maximum absolute atomic E-state index is 13.4. The zero-order chi connectivity index (χ0) is 26.3. The summed E-state index contributed by atoms with van der Waals surface area (Å²) in [6.07, 6.45) is 2.91. The largest absolute Gasteiger partial charge is 0.293 e. The van der Waals surface area contributed by atoms with Crippen molar-refractivity contribution in [1.29, 1.82) is 0 Å². The lowest BCUT2D eigenvalue weighted by Gasteiger charge is -2.12. The van der Waals surface area contributed by atoms with Crippen LogP contribution in [0.25, 0.3) is 17.0 Å². The fourth-order valence-electron chi connectivity index (χ4n) is 4.08. The van der Waals surface area contributed by atoms with Gasteiger partial charge < -0.3 is 0 Å². The van der Waals surface area contributed by atoms with Crippen molar-refractivity contribution in [3.63, 3.8) is 0 Å². The van der Waals surface area contributed by atoms with E-state index in [9.17, 15) is 28.1 Å². The molecule has 0 aliphatic carbocycles. The highest BCUT2D eigenvalue weighted by atomic mass is 32.2. The maximum Gasteiger partial charge on any atom is 0.293 e. The Balaban J connectivity index is 1.53. The second-order valence-electron chi connectivity index (χ2n) is 8.37. The SMILES string of the molecule is Cc1ccc(S(=O)(=O)n2cc(/C=C3\SC(=O)N(Cc4ccccc4[N+](=O)[O-])C3=O)c3ccccc32)cc1. The Hall–Kier alpha value is -4.22. The van der Waals surface area contributed by atoms with Crippen molar-refractivity contribution in [3.8, 4) is 0 Å². The van der Waals surface area contributed by atoms with Crippen molar-refractivity contribution in [2.24, 2.45) is 0 Å². The first-order chi connectivity index (χ1) is 17.7. The summed E-state index contributed by atoms with van der Waals surface area (Å²) in [7, 11) is -3.93. The molecule has 0 saturated carbocycles. The van der Waals surface area contributed by atoms with Gasteiger partial charge in [-0.3, -0.25) is 24.6 Å². The molecule has 5 rings (SSSR count). The predicted molar refractivity (Wildman–Crippen MR) is 140 cm³/mol. The van der Waals surface area contributed by atoms with E-state index in [1.165, 1.54) is 42.6 Å². The molecule has 0 radical (unpaired) electrons. The molecule has 1 aromatic heterocycles. The number of amides is 2. The van der Waals surface area contributed by atoms with Crippen molar-refractivity contribution in [2.45, 2.75) is 18.4 Å². The van der Waals surface area contributed by atoms with Crippen LogP contribution < -0.4 is 0 Å². The van der Waals surface area contributed by atoms with Crippen molar-refractivity contribution < 1.29 is 22.9 Å². The molecule has 0 unspecified atom stereocenters. The molecule has 186 valence electrons. The Labute approximate surface area is 216 Å². The predicted octanol–water partition coefficient (Wildman–Crippen LogP) is 5.33. The maximum atomic E-state index is 13.4. The number of aromatic nitrogens is 1. The molecule has 4 aromatic rings. The van der Waals surface area contributed by atoms with Crippen LogP contribution in [-0.2, 0) is 21.4 Å². The second-order valence-corrected chi connectivity index (χ2v) is 11.2. The smallest absolute Gasteiger partial charge is 0.268 e. The van der Waals surface area contributed by atoms with Gasteiger partial charge in [0.1, 0.15) is 0 Å². The number of imide groups is 1. The first kappa shape index (κ1) is 24.5. The zero-order valence-electron chi connectivity index (χ0n) is 19.4. The number of para-hydroxylation sites is 2. The minimum absolute atomic E-state index is 0.0965. The third kappa shape index (κ3) is 4.43. The van der Waals surface area contributed by atoms with Crippen molar-refractivity contribution >= 4 is 55.6 Å². The summed E-state index contributed by atoms with van der Waals surface area (Å²) in [6, 6.07) is 19.3. The van der Waals surface area contributed by atoms with E-state index in [1.54, 1.807) is 42.5 Å². The minimum Gasteiger partial charge on any atom is -0.268 e. The number of hydrogen-bond acceptors (Lipinski definition) is 7. The molecule has 2 amide bonds. The summed E-state index contributed by atoms with van der Waals surface area (Å²) in [6.45, 7) is 1.62. The third-order valence-corrected chi connectivity index (χ3v) is 8.56. The number of aryl methyl sites for hydroxylation is 1. The summed E-state index contributed by atoms with van der Waals surface area (Å²) in [5.41, 5.74) is 1.84. The fraction of sp³-hybridized carbons (Fsp3) is 0.0769. The molecule has 9 nitrogen and oxygen atoms in total. The lowest BCUT2D eigenvalue weighted by atomic mass is 10.1. The molecular weight excluding hydrogens is 514 g/mol. The van der Waals surface area contributed by atoms with E-state index in [0.717, 1.165) is 14.4 Å². The number of rotatable bonds is 6. The van der Waals surface area contributed by atoms with Crippen molar-refractivity contribution in [2.75, 3.05) is 0 Å². The Morgan fingerprint density at radius 1 is 0.973 bits per heavy atom. The lowest BCUT2D eigenvalue weighted by molar-refractivity contribution is -0.385. The summed E-state index contributed by atoms with van der Waals surface area (Å²) in [4.78, 5) is 37.7. The molecule has 0 N–H and O–H groups in total. The van der Waals surface area contributed by atoms with Crippen LogP contribution in [0.2, 0.25) is 0 Å². The van der Waals surface area contributed by atoms with Gasteiger partial charge in [0.05, 0.1) is 26.8 Å². The van der Waals surface area contributed by atoms with Crippen LogP contribution >= 0.6 is 11.8 Å². The van der Waals surface area contributed by atoms with Crippen LogP contribution in [0.5, 0.6) is 0 Å². The van der Waals surface area contributed by atoms with E-state index in [-0.39, 0.29) is 27.6 Å². The van der Waals surface area contributed by atoms with Gasteiger partial charge in [-0.2, -0.15) is 0 Å². The van der Waals surface area contributed by atoms with Gasteiger partial charge in [0.2, 0.25) is 0 Å². The Kier molecular flexibility index (Phi) is 6.18. The fourth-order valence-corrected chi connectivity index (χ4v) is 6.29. The van der Waals surface area contributed by atoms with Crippen molar-refractivity contribution in [3.05, 3.63) is 111 Å². The number of nitro groups is 1. The van der Waals surface area contributed by atoms with Gasteiger partial charge in [-0.1, -0.05) is 54.1 Å². The molecule has 1 aliphatic heterocycles. The van der Waals surface area contributed by atoms with Crippen LogP contribution in [0.3, 0.4) is 0 Å². The number of thioether (sulfide) groups is 1. The highest BCUT2D eigenvalue weighted by Gasteiger charge is 2.36. The number of fused-ring (bicyclic) bond motifs is 1. The number of benzene rings is 3. The minimum atomic E-state index is -3.93. The van der Waals surface area contributed by atoms with Crippen molar-refractivity contribution in [1.82, 2.24) is 8.87 Å². The molecule has 2 heterocycles. The third-order valence-electron chi connectivity index (χ3n) is 5.96. The summed E-state index contributed by atoms with van der Waals surface area (Å²) in [5.74, 6) is -0.605. The van der Waals surface area contributed by atoms with Crippen LogP contribution in [0.4, 0.5) is 10.5 Å². The van der Waals surface area contributed by atoms with Crippen LogP contribution in [-0.4, -0.2) is 33.4 Å². The van der Waals surface area contributed by atoms with Gasteiger partial charge in [0, 0.05) is 28.8 Å². The number of hydrogen-bond donors (Lipinski definition) is 0. The first-order valence-corrected chi connectivity index (χ1v) is 13.3. The van der Waals surface area contributed by atoms with Gasteiger partial charge in [-0.15, -0.1) is 0 Å². The van der Waals surface area contributed by atoms with E-state index >= 15 is 0 Å². The Morgan fingerprint density at radius 2 is 1.65 bits per heavy atom.